The molecule has 4 heterocycles. The minimum atomic E-state index is -0.373. The number of imidazole rings is 1. The molecule has 0 radical (unpaired) electrons. The third-order valence-corrected chi connectivity index (χ3v) is 5.73. The van der Waals surface area contributed by atoms with Crippen molar-refractivity contribution in [2.75, 3.05) is 30.8 Å². The summed E-state index contributed by atoms with van der Waals surface area (Å²) < 4.78 is 11.8. The Labute approximate surface area is 194 Å². The van der Waals surface area contributed by atoms with Crippen LogP contribution in [0.1, 0.15) is 33.4 Å². The fraction of sp³-hybridized carbons (Fsp3) is 0.261. The number of aromatic nitrogens is 4. The van der Waals surface area contributed by atoms with Crippen LogP contribution in [0.3, 0.4) is 0 Å². The minimum absolute atomic E-state index is 0.0240. The fourth-order valence-electron chi connectivity index (χ4n) is 3.77. The number of nitrogens with one attached hydrogen (secondary N) is 2. The molecule has 11 nitrogen and oxygen atoms in total. The molecule has 1 aliphatic rings. The predicted molar refractivity (Wildman–Crippen MR) is 123 cm³/mol. The smallest absolute Gasteiger partial charge is 0.409 e. The van der Waals surface area contributed by atoms with Gasteiger partial charge in [-0.1, -0.05) is 12.1 Å². The molecule has 2 N–H and O–H groups in total. The van der Waals surface area contributed by atoms with Gasteiger partial charge in [0.1, 0.15) is 11.3 Å². The van der Waals surface area contributed by atoms with Crippen LogP contribution in [0.2, 0.25) is 0 Å². The fourth-order valence-corrected chi connectivity index (χ4v) is 3.77. The van der Waals surface area contributed by atoms with E-state index in [9.17, 15) is 9.59 Å². The third kappa shape index (κ3) is 4.03. The van der Waals surface area contributed by atoms with Crippen molar-refractivity contribution in [3.63, 3.8) is 0 Å². The van der Waals surface area contributed by atoms with E-state index < -0.39 is 0 Å². The largest absolute Gasteiger partial charge is 0.453 e. The molecule has 34 heavy (non-hydrogen) atoms. The summed E-state index contributed by atoms with van der Waals surface area (Å²) in [4.78, 5) is 34.7. The van der Waals surface area contributed by atoms with Gasteiger partial charge in [0.25, 0.3) is 11.9 Å². The van der Waals surface area contributed by atoms with Crippen LogP contribution in [-0.4, -0.2) is 56.6 Å². The Kier molecular flexibility index (Phi) is 5.36. The SMILES string of the molecule is COC(=O)N1CC(c2nc(Nc3ccc(C)c(NC(=O)c4cnc5ccc(C)cn45)c3)no2)C1. The lowest BCUT2D eigenvalue weighted by Crippen LogP contribution is -2.48. The van der Waals surface area contributed by atoms with E-state index in [0.29, 0.717) is 47.6 Å². The number of amides is 2. The molecule has 5 rings (SSSR count). The monoisotopic (exact) mass is 461 g/mol. The molecule has 0 bridgehead atoms. The highest BCUT2D eigenvalue weighted by molar-refractivity contribution is 6.04. The molecule has 0 saturated carbocycles. The van der Waals surface area contributed by atoms with Crippen molar-refractivity contribution >= 4 is 35.0 Å². The molecule has 3 aromatic heterocycles. The second-order valence-electron chi connectivity index (χ2n) is 8.22. The van der Waals surface area contributed by atoms with Gasteiger partial charge in [-0.3, -0.25) is 9.20 Å². The molecule has 1 saturated heterocycles. The highest BCUT2D eigenvalue weighted by atomic mass is 16.5. The maximum absolute atomic E-state index is 13.0. The zero-order chi connectivity index (χ0) is 23.8. The number of pyridine rings is 1. The summed E-state index contributed by atoms with van der Waals surface area (Å²) in [6, 6.07) is 9.38. The molecule has 1 fully saturated rings. The van der Waals surface area contributed by atoms with Gasteiger partial charge in [0.05, 0.1) is 19.2 Å². The summed E-state index contributed by atoms with van der Waals surface area (Å²) in [5, 5.41) is 10.0. The van der Waals surface area contributed by atoms with Crippen LogP contribution in [0, 0.1) is 13.8 Å². The first kappa shape index (κ1) is 21.4. The number of rotatable bonds is 5. The summed E-state index contributed by atoms with van der Waals surface area (Å²) in [5.74, 6) is 0.459. The number of carbonyl (C=O) groups excluding carboxylic acids is 2. The van der Waals surface area contributed by atoms with Gasteiger partial charge < -0.3 is 24.8 Å². The summed E-state index contributed by atoms with van der Waals surface area (Å²) in [6.45, 7) is 4.81. The zero-order valence-corrected chi connectivity index (χ0v) is 18.9. The van der Waals surface area contributed by atoms with Gasteiger partial charge in [-0.15, -0.1) is 0 Å². The van der Waals surface area contributed by atoms with Crippen molar-refractivity contribution in [1.82, 2.24) is 24.4 Å². The maximum Gasteiger partial charge on any atom is 0.409 e. The molecule has 1 aromatic carbocycles. The zero-order valence-electron chi connectivity index (χ0n) is 18.9. The number of carbonyl (C=O) groups is 2. The Morgan fingerprint density at radius 1 is 1.18 bits per heavy atom. The highest BCUT2D eigenvalue weighted by Crippen LogP contribution is 2.28. The lowest BCUT2D eigenvalue weighted by atomic mass is 10.0. The molecular formula is C23H23N7O4. The number of nitrogens with zero attached hydrogens (tertiary/aromatic N) is 5. The van der Waals surface area contributed by atoms with Crippen molar-refractivity contribution in [3.8, 4) is 0 Å². The Bertz CT molecular complexity index is 1390. The average Bonchev–Trinajstić information content (AvgIpc) is 3.41. The van der Waals surface area contributed by atoms with Crippen molar-refractivity contribution in [3.05, 3.63) is 65.4 Å². The van der Waals surface area contributed by atoms with E-state index in [0.717, 1.165) is 11.1 Å². The summed E-state index contributed by atoms with van der Waals surface area (Å²) in [5.41, 5.74) is 4.41. The average molecular weight is 461 g/mol. The van der Waals surface area contributed by atoms with Gasteiger partial charge in [0.15, 0.2) is 0 Å². The van der Waals surface area contributed by atoms with Crippen molar-refractivity contribution in [2.45, 2.75) is 19.8 Å². The number of ether oxygens (including phenoxy) is 1. The predicted octanol–water partition coefficient (Wildman–Crippen LogP) is 3.50. The molecule has 0 aliphatic carbocycles. The number of hydrogen-bond donors (Lipinski definition) is 2. The first-order valence-electron chi connectivity index (χ1n) is 10.7. The lowest BCUT2D eigenvalue weighted by Gasteiger charge is -2.35. The van der Waals surface area contributed by atoms with Crippen LogP contribution in [-0.2, 0) is 4.74 Å². The van der Waals surface area contributed by atoms with E-state index in [1.807, 2.05) is 44.3 Å². The maximum atomic E-state index is 13.0. The van der Waals surface area contributed by atoms with Crippen LogP contribution in [0.5, 0.6) is 0 Å². The molecule has 11 heteroatoms. The van der Waals surface area contributed by atoms with Crippen molar-refractivity contribution in [2.24, 2.45) is 0 Å². The standard InChI is InChI=1S/C23H23N7O4/c1-13-4-7-19-24-9-18(30(19)10-13)20(31)26-17-8-16(6-5-14(17)2)25-22-27-21(34-28-22)15-11-29(12-15)23(32)33-3/h4-10,15H,11-12H2,1-3H3,(H,25,28)(H,26,31). The summed E-state index contributed by atoms with van der Waals surface area (Å²) in [6.07, 6.45) is 3.06. The van der Waals surface area contributed by atoms with E-state index >= 15 is 0 Å². The molecule has 2 amide bonds. The van der Waals surface area contributed by atoms with E-state index in [-0.39, 0.29) is 17.9 Å². The Morgan fingerprint density at radius 2 is 2.00 bits per heavy atom. The Hall–Kier alpha value is -4.41. The van der Waals surface area contributed by atoms with Crippen LogP contribution < -0.4 is 10.6 Å². The number of methoxy groups -OCH3 is 1. The van der Waals surface area contributed by atoms with Gasteiger partial charge >= 0.3 is 6.09 Å². The van der Waals surface area contributed by atoms with Gasteiger partial charge in [-0.25, -0.2) is 9.78 Å². The molecule has 174 valence electrons. The van der Waals surface area contributed by atoms with Crippen LogP contribution in [0.25, 0.3) is 5.65 Å². The highest BCUT2D eigenvalue weighted by Gasteiger charge is 2.36. The normalized spacial score (nSPS) is 13.6. The minimum Gasteiger partial charge on any atom is -0.453 e. The molecule has 4 aromatic rings. The van der Waals surface area contributed by atoms with E-state index in [1.165, 1.54) is 7.11 Å². The number of aryl methyl sites for hydroxylation is 2. The molecule has 0 atom stereocenters. The summed E-state index contributed by atoms with van der Waals surface area (Å²) in [7, 11) is 1.35. The Balaban J connectivity index is 1.28. The molecule has 1 aliphatic heterocycles. The molecule has 0 spiro atoms. The van der Waals surface area contributed by atoms with Crippen molar-refractivity contribution < 1.29 is 18.8 Å². The number of anilines is 3. The second-order valence-corrected chi connectivity index (χ2v) is 8.22. The molecule has 0 unspecified atom stereocenters. The van der Waals surface area contributed by atoms with E-state index in [4.69, 9.17) is 9.26 Å². The van der Waals surface area contributed by atoms with Gasteiger partial charge in [-0.2, -0.15) is 4.98 Å². The number of hydrogen-bond acceptors (Lipinski definition) is 8. The lowest BCUT2D eigenvalue weighted by molar-refractivity contribution is 0.0804. The quantitative estimate of drug-likeness (QED) is 0.462. The number of benzene rings is 1. The van der Waals surface area contributed by atoms with E-state index in [2.05, 4.69) is 25.8 Å². The first-order chi connectivity index (χ1) is 16.4. The van der Waals surface area contributed by atoms with Gasteiger partial charge in [-0.05, 0) is 48.3 Å². The summed E-state index contributed by atoms with van der Waals surface area (Å²) >= 11 is 0. The van der Waals surface area contributed by atoms with Crippen LogP contribution in [0.15, 0.2) is 47.2 Å². The van der Waals surface area contributed by atoms with Gasteiger partial charge in [0, 0.05) is 30.7 Å². The number of likely N-dealkylation sites (tertiary alicyclic amines) is 1. The first-order valence-corrected chi connectivity index (χ1v) is 10.7. The third-order valence-electron chi connectivity index (χ3n) is 5.73. The van der Waals surface area contributed by atoms with Gasteiger partial charge in [0.2, 0.25) is 5.89 Å². The second kappa shape index (κ2) is 8.50. The van der Waals surface area contributed by atoms with Crippen molar-refractivity contribution in [1.29, 1.82) is 0 Å². The van der Waals surface area contributed by atoms with E-state index in [1.54, 1.807) is 21.6 Å². The van der Waals surface area contributed by atoms with Crippen LogP contribution >= 0.6 is 0 Å². The number of fused-ring (bicyclic) bond motifs is 1. The molecular weight excluding hydrogens is 438 g/mol. The Morgan fingerprint density at radius 3 is 2.79 bits per heavy atom. The van der Waals surface area contributed by atoms with Crippen LogP contribution in [0.4, 0.5) is 22.1 Å². The topological polar surface area (TPSA) is 127 Å².